The van der Waals surface area contributed by atoms with Crippen LogP contribution in [0.25, 0.3) is 10.2 Å². The first-order valence-electron chi connectivity index (χ1n) is 8.97. The fourth-order valence-electron chi connectivity index (χ4n) is 3.57. The first-order valence-corrected chi connectivity index (χ1v) is 9.79. The van der Waals surface area contributed by atoms with Gasteiger partial charge in [0.2, 0.25) is 0 Å². The second kappa shape index (κ2) is 7.15. The molecule has 0 spiro atoms. The molecule has 0 fully saturated rings. The van der Waals surface area contributed by atoms with Crippen LogP contribution in [0.1, 0.15) is 31.8 Å². The van der Waals surface area contributed by atoms with Gasteiger partial charge in [0.15, 0.2) is 4.80 Å². The van der Waals surface area contributed by atoms with Gasteiger partial charge >= 0.3 is 0 Å². The van der Waals surface area contributed by atoms with E-state index in [-0.39, 0.29) is 6.54 Å². The largest absolute Gasteiger partial charge is 0.304 e. The van der Waals surface area contributed by atoms with E-state index in [4.69, 9.17) is 6.42 Å². The van der Waals surface area contributed by atoms with Gasteiger partial charge in [-0.15, -0.1) is 6.42 Å². The Morgan fingerprint density at radius 1 is 1.14 bits per heavy atom. The molecule has 29 heavy (non-hydrogen) atoms. The summed E-state index contributed by atoms with van der Waals surface area (Å²) in [6.07, 6.45) is 5.52. The Balaban J connectivity index is 1.71. The number of imide groups is 1. The molecule has 0 saturated carbocycles. The predicted molar refractivity (Wildman–Crippen MR) is 111 cm³/mol. The van der Waals surface area contributed by atoms with Gasteiger partial charge in [0.25, 0.3) is 17.7 Å². The third kappa shape index (κ3) is 3.18. The van der Waals surface area contributed by atoms with Gasteiger partial charge in [0.1, 0.15) is 6.54 Å². The Morgan fingerprint density at radius 3 is 2.41 bits per heavy atom. The van der Waals surface area contributed by atoms with Crippen molar-refractivity contribution in [3.05, 3.63) is 63.5 Å². The summed E-state index contributed by atoms with van der Waals surface area (Å²) in [6, 6.07) is 10.6. The van der Waals surface area contributed by atoms with Crippen molar-refractivity contribution in [2.24, 2.45) is 4.99 Å². The van der Waals surface area contributed by atoms with Crippen molar-refractivity contribution in [3.63, 3.8) is 0 Å². The highest BCUT2D eigenvalue weighted by atomic mass is 32.1. The van der Waals surface area contributed by atoms with Gasteiger partial charge in [-0.1, -0.05) is 35.5 Å². The fourth-order valence-corrected chi connectivity index (χ4v) is 4.80. The number of aromatic nitrogens is 1. The number of nitrogens with zero attached hydrogens (tertiary/aromatic N) is 3. The van der Waals surface area contributed by atoms with Crippen molar-refractivity contribution in [1.29, 1.82) is 0 Å². The summed E-state index contributed by atoms with van der Waals surface area (Å²) in [4.78, 5) is 43.1. The number of aryl methyl sites for hydroxylation is 2. The molecule has 2 aromatic carbocycles. The van der Waals surface area contributed by atoms with Gasteiger partial charge in [-0.3, -0.25) is 19.3 Å². The smallest absolute Gasteiger partial charge is 0.268 e. The molecule has 0 aliphatic carbocycles. The average Bonchev–Trinajstić information content (AvgIpc) is 3.13. The lowest BCUT2D eigenvalue weighted by Crippen LogP contribution is -2.35. The molecule has 4 rings (SSSR count). The van der Waals surface area contributed by atoms with Gasteiger partial charge in [0.05, 0.1) is 27.9 Å². The van der Waals surface area contributed by atoms with Crippen molar-refractivity contribution >= 4 is 39.3 Å². The quantitative estimate of drug-likeness (QED) is 0.499. The van der Waals surface area contributed by atoms with Crippen LogP contribution >= 0.6 is 11.3 Å². The molecular formula is C22H17N3O3S. The number of hydrogen-bond acceptors (Lipinski definition) is 4. The van der Waals surface area contributed by atoms with E-state index in [1.165, 1.54) is 11.3 Å². The standard InChI is InChI=1S/C22H17N3O3S/c1-4-9-24-19-14(3)10-13(2)11-17(19)29-22(24)23-18(26)12-25-20(27)15-7-5-6-8-16(15)21(25)28/h1,5-8,10-11H,9,12H2,2-3H3. The number of hydrogen-bond donors (Lipinski definition) is 0. The Morgan fingerprint density at radius 2 is 1.79 bits per heavy atom. The Bertz CT molecular complexity index is 1270. The van der Waals surface area contributed by atoms with E-state index in [1.807, 2.05) is 30.5 Å². The van der Waals surface area contributed by atoms with Gasteiger partial charge in [-0.05, 0) is 43.2 Å². The van der Waals surface area contributed by atoms with Crippen molar-refractivity contribution < 1.29 is 14.4 Å². The van der Waals surface area contributed by atoms with E-state index in [0.717, 1.165) is 26.2 Å². The Kier molecular flexibility index (Phi) is 4.65. The van der Waals surface area contributed by atoms with Crippen LogP contribution in [0.4, 0.5) is 0 Å². The molecule has 0 unspecified atom stereocenters. The Hall–Kier alpha value is -3.50. The third-order valence-corrected chi connectivity index (χ3v) is 5.78. The second-order valence-electron chi connectivity index (χ2n) is 6.85. The maximum atomic E-state index is 12.6. The van der Waals surface area contributed by atoms with E-state index >= 15 is 0 Å². The van der Waals surface area contributed by atoms with Gasteiger partial charge in [-0.2, -0.15) is 4.99 Å². The van der Waals surface area contributed by atoms with Crippen LogP contribution in [0, 0.1) is 26.2 Å². The molecule has 7 heteroatoms. The highest BCUT2D eigenvalue weighted by Gasteiger charge is 2.36. The van der Waals surface area contributed by atoms with Gasteiger partial charge in [0, 0.05) is 0 Å². The minimum Gasteiger partial charge on any atom is -0.304 e. The summed E-state index contributed by atoms with van der Waals surface area (Å²) >= 11 is 1.36. The summed E-state index contributed by atoms with van der Waals surface area (Å²) in [7, 11) is 0. The van der Waals surface area contributed by atoms with E-state index in [2.05, 4.69) is 10.9 Å². The van der Waals surface area contributed by atoms with Crippen LogP contribution in [0.5, 0.6) is 0 Å². The number of thiazole rings is 1. The molecule has 0 atom stereocenters. The van der Waals surface area contributed by atoms with Crippen LogP contribution in [0.2, 0.25) is 0 Å². The van der Waals surface area contributed by atoms with Crippen molar-refractivity contribution in [2.45, 2.75) is 20.4 Å². The highest BCUT2D eigenvalue weighted by molar-refractivity contribution is 7.16. The number of benzene rings is 2. The van der Waals surface area contributed by atoms with E-state index in [0.29, 0.717) is 15.9 Å². The SMILES string of the molecule is C#CCn1c(=NC(=O)CN2C(=O)c3ccccc3C2=O)sc2cc(C)cc(C)c21. The molecule has 0 radical (unpaired) electrons. The summed E-state index contributed by atoms with van der Waals surface area (Å²) in [6.45, 7) is 3.85. The predicted octanol–water partition coefficient (Wildman–Crippen LogP) is 2.68. The molecule has 2 heterocycles. The van der Waals surface area contributed by atoms with E-state index in [9.17, 15) is 14.4 Å². The number of terminal acetylenes is 1. The molecule has 0 saturated heterocycles. The monoisotopic (exact) mass is 403 g/mol. The van der Waals surface area contributed by atoms with Crippen molar-refractivity contribution in [3.8, 4) is 12.3 Å². The molecule has 3 aromatic rings. The minimum absolute atomic E-state index is 0.267. The Labute approximate surface area is 171 Å². The van der Waals surface area contributed by atoms with Crippen LogP contribution < -0.4 is 4.80 Å². The minimum atomic E-state index is -0.578. The van der Waals surface area contributed by atoms with Gasteiger partial charge < -0.3 is 4.57 Å². The summed E-state index contributed by atoms with van der Waals surface area (Å²) in [5, 5.41) is 0. The number of carbonyl (C=O) groups is 3. The first-order chi connectivity index (χ1) is 13.9. The van der Waals surface area contributed by atoms with E-state index in [1.54, 1.807) is 24.3 Å². The van der Waals surface area contributed by atoms with Gasteiger partial charge in [-0.25, -0.2) is 0 Å². The molecular weight excluding hydrogens is 386 g/mol. The molecule has 0 bridgehead atoms. The third-order valence-electron chi connectivity index (χ3n) is 4.75. The maximum Gasteiger partial charge on any atom is 0.268 e. The molecule has 1 aliphatic heterocycles. The molecule has 6 nitrogen and oxygen atoms in total. The lowest BCUT2D eigenvalue weighted by atomic mass is 10.1. The lowest BCUT2D eigenvalue weighted by molar-refractivity contribution is -0.118. The van der Waals surface area contributed by atoms with Crippen molar-refractivity contribution in [1.82, 2.24) is 9.47 Å². The summed E-state index contributed by atoms with van der Waals surface area (Å²) < 4.78 is 2.79. The molecule has 3 amide bonds. The molecule has 0 N–H and O–H groups in total. The fraction of sp³-hybridized carbons (Fsp3) is 0.182. The zero-order chi connectivity index (χ0) is 20.7. The van der Waals surface area contributed by atoms with Crippen molar-refractivity contribution in [2.75, 3.05) is 6.54 Å². The van der Waals surface area contributed by atoms with Crippen LogP contribution in [0.3, 0.4) is 0 Å². The van der Waals surface area contributed by atoms with E-state index < -0.39 is 24.3 Å². The number of fused-ring (bicyclic) bond motifs is 2. The number of rotatable bonds is 3. The summed E-state index contributed by atoms with van der Waals surface area (Å²) in [5.74, 6) is 1.06. The lowest BCUT2D eigenvalue weighted by Gasteiger charge is -2.10. The normalized spacial score (nSPS) is 13.8. The van der Waals surface area contributed by atoms with Crippen LogP contribution in [0.15, 0.2) is 41.4 Å². The highest BCUT2D eigenvalue weighted by Crippen LogP contribution is 2.24. The van der Waals surface area contributed by atoms with Crippen LogP contribution in [-0.2, 0) is 11.3 Å². The average molecular weight is 403 g/mol. The van der Waals surface area contributed by atoms with Crippen LogP contribution in [-0.4, -0.2) is 33.7 Å². The molecule has 144 valence electrons. The summed E-state index contributed by atoms with van der Waals surface area (Å²) in [5.41, 5.74) is 3.70. The maximum absolute atomic E-state index is 12.6. The number of amides is 3. The zero-order valence-electron chi connectivity index (χ0n) is 15.9. The molecule has 1 aliphatic rings. The first kappa shape index (κ1) is 18.8. The topological polar surface area (TPSA) is 71.7 Å². The second-order valence-corrected chi connectivity index (χ2v) is 7.86. The molecule has 1 aromatic heterocycles. The zero-order valence-corrected chi connectivity index (χ0v) is 16.7. The number of carbonyl (C=O) groups excluding carboxylic acids is 3.